The number of sulfonamides is 1. The molecule has 0 aliphatic rings. The highest BCUT2D eigenvalue weighted by Gasteiger charge is 2.24. The molecule has 0 radical (unpaired) electrons. The fourth-order valence-corrected chi connectivity index (χ4v) is 6.26. The molecule has 8 nitrogen and oxygen atoms in total. The summed E-state index contributed by atoms with van der Waals surface area (Å²) < 4.78 is 39.7. The Kier molecular flexibility index (Phi) is 6.92. The maximum absolute atomic E-state index is 13.7. The smallest absolute Gasteiger partial charge is 0.261 e. The van der Waals surface area contributed by atoms with E-state index < -0.39 is 10.0 Å². The first-order valence-electron chi connectivity index (χ1n) is 11.7. The fraction of sp³-hybridized carbons (Fsp3) is 0.143. The lowest BCUT2D eigenvalue weighted by atomic mass is 10.1. The Bertz CT molecular complexity index is 1690. The largest absolute Gasteiger partial charge is 0.497 e. The Labute approximate surface area is 224 Å². The number of carbonyl (C=O) groups is 1. The number of furan rings is 1. The van der Waals surface area contributed by atoms with Gasteiger partial charge < -0.3 is 9.15 Å². The molecule has 2 aromatic heterocycles. The number of thiazole rings is 1. The van der Waals surface area contributed by atoms with Crippen molar-refractivity contribution in [2.24, 2.45) is 0 Å². The second kappa shape index (κ2) is 10.3. The molecular weight excluding hydrogens is 522 g/mol. The monoisotopic (exact) mass is 547 g/mol. The van der Waals surface area contributed by atoms with Crippen LogP contribution in [0.1, 0.15) is 27.2 Å². The second-order valence-corrected chi connectivity index (χ2v) is 11.4. The van der Waals surface area contributed by atoms with Gasteiger partial charge in [0.1, 0.15) is 11.5 Å². The highest BCUT2D eigenvalue weighted by molar-refractivity contribution is 7.92. The van der Waals surface area contributed by atoms with E-state index in [1.165, 1.54) is 30.6 Å². The van der Waals surface area contributed by atoms with Gasteiger partial charge in [0.05, 0.1) is 35.0 Å². The number of aryl methyl sites for hydroxylation is 2. The quantitative estimate of drug-likeness (QED) is 0.250. The number of methoxy groups -OCH3 is 1. The fourth-order valence-electron chi connectivity index (χ4n) is 4.06. The molecule has 1 N–H and O–H groups in total. The number of nitrogens with zero attached hydrogens (tertiary/aromatic N) is 2. The zero-order chi connectivity index (χ0) is 26.9. The molecule has 2 heterocycles. The van der Waals surface area contributed by atoms with E-state index >= 15 is 0 Å². The van der Waals surface area contributed by atoms with E-state index in [9.17, 15) is 13.2 Å². The molecule has 0 spiro atoms. The molecule has 10 heteroatoms. The summed E-state index contributed by atoms with van der Waals surface area (Å²) in [4.78, 5) is 20.1. The molecule has 0 atom stereocenters. The predicted octanol–water partition coefficient (Wildman–Crippen LogP) is 6.16. The van der Waals surface area contributed by atoms with Gasteiger partial charge in [-0.05, 0) is 91.7 Å². The van der Waals surface area contributed by atoms with Crippen LogP contribution < -0.4 is 14.4 Å². The van der Waals surface area contributed by atoms with Gasteiger partial charge in [-0.15, -0.1) is 0 Å². The molecule has 0 bridgehead atoms. The number of hydrogen-bond donors (Lipinski definition) is 1. The third-order valence-corrected chi connectivity index (χ3v) is 8.37. The molecule has 194 valence electrons. The molecule has 3 aromatic carbocycles. The van der Waals surface area contributed by atoms with Crippen molar-refractivity contribution >= 4 is 48.3 Å². The number of carbonyl (C=O) groups excluding carboxylic acids is 1. The summed E-state index contributed by atoms with van der Waals surface area (Å²) in [6.07, 6.45) is 1.56. The van der Waals surface area contributed by atoms with Gasteiger partial charge in [0.15, 0.2) is 5.13 Å². The molecule has 0 unspecified atom stereocenters. The normalized spacial score (nSPS) is 11.4. The van der Waals surface area contributed by atoms with Crippen LogP contribution in [-0.4, -0.2) is 26.4 Å². The van der Waals surface area contributed by atoms with Gasteiger partial charge in [-0.25, -0.2) is 13.4 Å². The number of benzene rings is 3. The Morgan fingerprint density at radius 3 is 2.45 bits per heavy atom. The SMILES string of the molecule is COc1ccc(S(=O)(=O)Nc2ccc(C(=O)N(Cc3ccco3)c3nc4c(C)cc(C)cc4s3)cc2)cc1. The number of ether oxygens (including phenoxy) is 1. The molecule has 0 saturated heterocycles. The van der Waals surface area contributed by atoms with E-state index in [0.29, 0.717) is 27.9 Å². The third-order valence-electron chi connectivity index (χ3n) is 5.94. The number of amides is 1. The molecule has 0 aliphatic heterocycles. The lowest BCUT2D eigenvalue weighted by Crippen LogP contribution is -2.30. The maximum Gasteiger partial charge on any atom is 0.261 e. The molecule has 0 saturated carbocycles. The maximum atomic E-state index is 13.7. The average Bonchev–Trinajstić information content (AvgIpc) is 3.57. The van der Waals surface area contributed by atoms with Crippen LogP contribution in [0.3, 0.4) is 0 Å². The van der Waals surface area contributed by atoms with Gasteiger partial charge in [-0.1, -0.05) is 17.4 Å². The van der Waals surface area contributed by atoms with Crippen molar-refractivity contribution in [3.8, 4) is 5.75 Å². The van der Waals surface area contributed by atoms with Crippen LogP contribution in [0, 0.1) is 13.8 Å². The first-order valence-corrected chi connectivity index (χ1v) is 14.0. The molecule has 1 amide bonds. The Hall–Kier alpha value is -4.15. The van der Waals surface area contributed by atoms with Crippen LogP contribution in [-0.2, 0) is 16.6 Å². The number of anilines is 2. The van der Waals surface area contributed by atoms with Crippen LogP contribution in [0.4, 0.5) is 10.8 Å². The first-order chi connectivity index (χ1) is 18.2. The molecule has 0 fully saturated rings. The molecule has 0 aliphatic carbocycles. The van der Waals surface area contributed by atoms with Gasteiger partial charge in [-0.2, -0.15) is 0 Å². The summed E-state index contributed by atoms with van der Waals surface area (Å²) in [6, 6.07) is 20.1. The first kappa shape index (κ1) is 25.5. The average molecular weight is 548 g/mol. The van der Waals surface area contributed by atoms with Crippen molar-refractivity contribution in [3.05, 3.63) is 102 Å². The van der Waals surface area contributed by atoms with E-state index in [1.54, 1.807) is 59.7 Å². The Morgan fingerprint density at radius 1 is 1.05 bits per heavy atom. The van der Waals surface area contributed by atoms with Crippen molar-refractivity contribution in [3.63, 3.8) is 0 Å². The standard InChI is InChI=1S/C28H25N3O5S2/c1-18-15-19(2)26-25(16-18)37-28(29-26)31(17-23-5-4-14-36-23)27(32)20-6-8-21(9-7-20)30-38(33,34)24-12-10-22(35-3)11-13-24/h4-16,30H,17H2,1-3H3. The van der Waals surface area contributed by atoms with E-state index in [0.717, 1.165) is 21.3 Å². The third kappa shape index (κ3) is 5.27. The highest BCUT2D eigenvalue weighted by Crippen LogP contribution is 2.33. The Balaban J connectivity index is 1.42. The summed E-state index contributed by atoms with van der Waals surface area (Å²) in [5.74, 6) is 0.901. The molecule has 38 heavy (non-hydrogen) atoms. The van der Waals surface area contributed by atoms with Crippen LogP contribution in [0.5, 0.6) is 5.75 Å². The summed E-state index contributed by atoms with van der Waals surface area (Å²) in [6.45, 7) is 4.24. The minimum atomic E-state index is -3.81. The van der Waals surface area contributed by atoms with Crippen LogP contribution in [0.2, 0.25) is 0 Å². The molecule has 5 rings (SSSR count). The summed E-state index contributed by atoms with van der Waals surface area (Å²) in [5.41, 5.74) is 3.75. The zero-order valence-electron chi connectivity index (χ0n) is 21.0. The summed E-state index contributed by atoms with van der Waals surface area (Å²) >= 11 is 1.44. The Morgan fingerprint density at radius 2 is 1.79 bits per heavy atom. The number of rotatable bonds is 8. The number of fused-ring (bicyclic) bond motifs is 1. The predicted molar refractivity (Wildman–Crippen MR) is 149 cm³/mol. The number of hydrogen-bond acceptors (Lipinski definition) is 7. The van der Waals surface area contributed by atoms with Crippen LogP contribution in [0.25, 0.3) is 10.2 Å². The second-order valence-electron chi connectivity index (χ2n) is 8.75. The van der Waals surface area contributed by atoms with Gasteiger partial charge in [0.2, 0.25) is 0 Å². The number of aromatic nitrogens is 1. The highest BCUT2D eigenvalue weighted by atomic mass is 32.2. The van der Waals surface area contributed by atoms with E-state index in [1.807, 2.05) is 13.8 Å². The lowest BCUT2D eigenvalue weighted by Gasteiger charge is -2.19. The van der Waals surface area contributed by atoms with E-state index in [-0.39, 0.29) is 17.3 Å². The van der Waals surface area contributed by atoms with Crippen molar-refractivity contribution in [2.45, 2.75) is 25.3 Å². The minimum absolute atomic E-state index is 0.101. The van der Waals surface area contributed by atoms with Gasteiger partial charge in [0, 0.05) is 11.3 Å². The summed E-state index contributed by atoms with van der Waals surface area (Å²) in [7, 11) is -2.30. The topological polar surface area (TPSA) is 102 Å². The van der Waals surface area contributed by atoms with Gasteiger partial charge in [0.25, 0.3) is 15.9 Å². The van der Waals surface area contributed by atoms with Crippen molar-refractivity contribution in [2.75, 3.05) is 16.7 Å². The van der Waals surface area contributed by atoms with Crippen LogP contribution in [0.15, 0.2) is 88.4 Å². The van der Waals surface area contributed by atoms with E-state index in [4.69, 9.17) is 14.1 Å². The minimum Gasteiger partial charge on any atom is -0.497 e. The molecular formula is C28H25N3O5S2. The van der Waals surface area contributed by atoms with Crippen molar-refractivity contribution in [1.82, 2.24) is 4.98 Å². The van der Waals surface area contributed by atoms with E-state index in [2.05, 4.69) is 16.9 Å². The lowest BCUT2D eigenvalue weighted by molar-refractivity contribution is 0.0983. The van der Waals surface area contributed by atoms with Crippen LogP contribution >= 0.6 is 11.3 Å². The number of nitrogens with one attached hydrogen (secondary N) is 1. The zero-order valence-corrected chi connectivity index (χ0v) is 22.6. The summed E-state index contributed by atoms with van der Waals surface area (Å²) in [5, 5.41) is 0.555. The van der Waals surface area contributed by atoms with Gasteiger partial charge >= 0.3 is 0 Å². The van der Waals surface area contributed by atoms with Gasteiger partial charge in [-0.3, -0.25) is 14.4 Å². The molecule has 5 aromatic rings. The van der Waals surface area contributed by atoms with Crippen molar-refractivity contribution in [1.29, 1.82) is 0 Å². The van der Waals surface area contributed by atoms with Crippen molar-refractivity contribution < 1.29 is 22.4 Å².